The number of halogens is 2. The van der Waals surface area contributed by atoms with Gasteiger partial charge in [-0.3, -0.25) is 4.79 Å². The maximum Gasteiger partial charge on any atom is 0.224 e. The molecule has 1 fully saturated rings. The van der Waals surface area contributed by atoms with Crippen molar-refractivity contribution in [2.45, 2.75) is 38.5 Å². The standard InChI is InChI=1S/C16H22Cl2N2O3S/c17-13-7-8-14(18)15(12-13)19-16(21)6-2-5-11-24(22,23)20-9-3-1-4-10-20/h7-8,12H,1-6,9-11H2,(H,19,21). The third-order valence-corrected chi connectivity index (χ3v) is 6.49. The van der Waals surface area contributed by atoms with Crippen LogP contribution in [0.25, 0.3) is 0 Å². The van der Waals surface area contributed by atoms with Crippen molar-refractivity contribution in [1.82, 2.24) is 4.31 Å². The Bertz CT molecular complexity index is 674. The minimum atomic E-state index is -3.19. The molecule has 0 aromatic heterocycles. The van der Waals surface area contributed by atoms with Gasteiger partial charge in [0.2, 0.25) is 15.9 Å². The van der Waals surface area contributed by atoms with Crippen LogP contribution in [0.2, 0.25) is 10.0 Å². The van der Waals surface area contributed by atoms with E-state index in [9.17, 15) is 13.2 Å². The fourth-order valence-corrected chi connectivity index (χ4v) is 4.63. The molecule has 0 radical (unpaired) electrons. The summed E-state index contributed by atoms with van der Waals surface area (Å²) in [7, 11) is -3.19. The number of amides is 1. The van der Waals surface area contributed by atoms with E-state index in [-0.39, 0.29) is 18.1 Å². The molecule has 1 amide bonds. The van der Waals surface area contributed by atoms with Crippen LogP contribution in [0.4, 0.5) is 5.69 Å². The molecule has 1 aromatic rings. The van der Waals surface area contributed by atoms with Crippen molar-refractivity contribution in [3.8, 4) is 0 Å². The molecule has 1 aliphatic heterocycles. The zero-order chi connectivity index (χ0) is 17.6. The smallest absolute Gasteiger partial charge is 0.224 e. The van der Waals surface area contributed by atoms with Gasteiger partial charge in [-0.25, -0.2) is 12.7 Å². The van der Waals surface area contributed by atoms with Gasteiger partial charge in [-0.1, -0.05) is 29.6 Å². The van der Waals surface area contributed by atoms with Crippen molar-refractivity contribution < 1.29 is 13.2 Å². The highest BCUT2D eigenvalue weighted by molar-refractivity contribution is 7.89. The van der Waals surface area contributed by atoms with Crippen molar-refractivity contribution in [3.05, 3.63) is 28.2 Å². The molecule has 0 saturated carbocycles. The second kappa shape index (κ2) is 9.04. The Morgan fingerprint density at radius 1 is 1.12 bits per heavy atom. The Labute approximate surface area is 153 Å². The van der Waals surface area contributed by atoms with Gasteiger partial charge >= 0.3 is 0 Å². The SMILES string of the molecule is O=C(CCCCS(=O)(=O)N1CCCCC1)Nc1cc(Cl)ccc1Cl. The van der Waals surface area contributed by atoms with Gasteiger partial charge < -0.3 is 5.32 Å². The maximum atomic E-state index is 12.2. The quantitative estimate of drug-likeness (QED) is 0.714. The van der Waals surface area contributed by atoms with E-state index in [0.717, 1.165) is 19.3 Å². The van der Waals surface area contributed by atoms with Crippen molar-refractivity contribution in [1.29, 1.82) is 0 Å². The zero-order valence-electron chi connectivity index (χ0n) is 13.4. The van der Waals surface area contributed by atoms with Gasteiger partial charge in [-0.05, 0) is 43.9 Å². The fraction of sp³-hybridized carbons (Fsp3) is 0.562. The Hall–Kier alpha value is -0.820. The number of piperidine rings is 1. The zero-order valence-corrected chi connectivity index (χ0v) is 15.8. The summed E-state index contributed by atoms with van der Waals surface area (Å²) < 4.78 is 26.0. The number of sulfonamides is 1. The lowest BCUT2D eigenvalue weighted by atomic mass is 10.2. The summed E-state index contributed by atoms with van der Waals surface area (Å²) in [6.45, 7) is 1.24. The van der Waals surface area contributed by atoms with E-state index >= 15 is 0 Å². The Kier molecular flexibility index (Phi) is 7.34. The molecule has 5 nitrogen and oxygen atoms in total. The number of nitrogens with zero attached hydrogens (tertiary/aromatic N) is 1. The number of carbonyl (C=O) groups excluding carboxylic acids is 1. The Morgan fingerprint density at radius 2 is 1.83 bits per heavy atom. The van der Waals surface area contributed by atoms with E-state index in [1.54, 1.807) is 22.5 Å². The van der Waals surface area contributed by atoms with Crippen LogP contribution >= 0.6 is 23.2 Å². The third-order valence-electron chi connectivity index (χ3n) is 3.97. The van der Waals surface area contributed by atoms with Crippen molar-refractivity contribution in [2.24, 2.45) is 0 Å². The van der Waals surface area contributed by atoms with Crippen LogP contribution < -0.4 is 5.32 Å². The fourth-order valence-electron chi connectivity index (χ4n) is 2.65. The second-order valence-corrected chi connectivity index (χ2v) is 8.84. The molecular formula is C16H22Cl2N2O3S. The lowest BCUT2D eigenvalue weighted by molar-refractivity contribution is -0.116. The van der Waals surface area contributed by atoms with Gasteiger partial charge in [-0.2, -0.15) is 0 Å². The summed E-state index contributed by atoms with van der Waals surface area (Å²) in [5.74, 6) is -0.104. The molecule has 0 atom stereocenters. The van der Waals surface area contributed by atoms with Crippen molar-refractivity contribution >= 4 is 44.8 Å². The van der Waals surface area contributed by atoms with E-state index < -0.39 is 10.0 Å². The van der Waals surface area contributed by atoms with Gasteiger partial charge in [0.05, 0.1) is 16.5 Å². The number of benzene rings is 1. The van der Waals surface area contributed by atoms with E-state index in [4.69, 9.17) is 23.2 Å². The molecule has 0 bridgehead atoms. The number of hydrogen-bond acceptors (Lipinski definition) is 3. The predicted molar refractivity (Wildman–Crippen MR) is 98.2 cm³/mol. The molecule has 1 aromatic carbocycles. The van der Waals surface area contributed by atoms with E-state index in [0.29, 0.717) is 41.7 Å². The predicted octanol–water partition coefficient (Wildman–Crippen LogP) is 3.92. The first kappa shape index (κ1) is 19.5. The summed E-state index contributed by atoms with van der Waals surface area (Å²) in [6.07, 6.45) is 4.19. The lowest BCUT2D eigenvalue weighted by Crippen LogP contribution is -2.37. The summed E-state index contributed by atoms with van der Waals surface area (Å²) in [5, 5.41) is 3.60. The lowest BCUT2D eigenvalue weighted by Gasteiger charge is -2.25. The van der Waals surface area contributed by atoms with Crippen molar-refractivity contribution in [2.75, 3.05) is 24.2 Å². The van der Waals surface area contributed by atoms with E-state index in [1.165, 1.54) is 0 Å². The van der Waals surface area contributed by atoms with Crippen LogP contribution in [0.1, 0.15) is 38.5 Å². The average molecular weight is 393 g/mol. The molecule has 0 aliphatic carbocycles. The molecule has 1 N–H and O–H groups in total. The number of carbonyl (C=O) groups is 1. The van der Waals surface area contributed by atoms with Crippen LogP contribution in [-0.4, -0.2) is 37.5 Å². The number of rotatable bonds is 7. The number of hydrogen-bond donors (Lipinski definition) is 1. The highest BCUT2D eigenvalue weighted by Gasteiger charge is 2.23. The van der Waals surface area contributed by atoms with Gasteiger partial charge in [0.25, 0.3) is 0 Å². The van der Waals surface area contributed by atoms with E-state index in [1.807, 2.05) is 0 Å². The van der Waals surface area contributed by atoms with Crippen LogP contribution in [0.3, 0.4) is 0 Å². The third kappa shape index (κ3) is 5.92. The molecule has 1 aliphatic rings. The molecule has 2 rings (SSSR count). The summed E-state index contributed by atoms with van der Waals surface area (Å²) in [5.41, 5.74) is 0.468. The number of anilines is 1. The molecule has 0 spiro atoms. The average Bonchev–Trinajstić information content (AvgIpc) is 2.56. The molecule has 1 saturated heterocycles. The van der Waals surface area contributed by atoms with Crippen LogP contribution in [0.5, 0.6) is 0 Å². The molecular weight excluding hydrogens is 371 g/mol. The molecule has 134 valence electrons. The van der Waals surface area contributed by atoms with Gasteiger partial charge in [-0.15, -0.1) is 0 Å². The van der Waals surface area contributed by atoms with Gasteiger partial charge in [0.1, 0.15) is 0 Å². The highest BCUT2D eigenvalue weighted by atomic mass is 35.5. The van der Waals surface area contributed by atoms with Crippen molar-refractivity contribution in [3.63, 3.8) is 0 Å². The first-order chi connectivity index (χ1) is 11.4. The number of nitrogens with one attached hydrogen (secondary N) is 1. The largest absolute Gasteiger partial charge is 0.325 e. The molecule has 1 heterocycles. The maximum absolute atomic E-state index is 12.2. The summed E-state index contributed by atoms with van der Waals surface area (Å²) in [6, 6.07) is 4.85. The highest BCUT2D eigenvalue weighted by Crippen LogP contribution is 2.25. The van der Waals surface area contributed by atoms with Crippen LogP contribution in [-0.2, 0) is 14.8 Å². The molecule has 0 unspecified atom stereocenters. The molecule has 8 heteroatoms. The second-order valence-electron chi connectivity index (χ2n) is 5.91. The van der Waals surface area contributed by atoms with Crippen LogP contribution in [0.15, 0.2) is 18.2 Å². The molecule has 24 heavy (non-hydrogen) atoms. The Morgan fingerprint density at radius 3 is 2.54 bits per heavy atom. The van der Waals surface area contributed by atoms with Gasteiger partial charge in [0, 0.05) is 24.5 Å². The normalized spacial score (nSPS) is 16.1. The van der Waals surface area contributed by atoms with E-state index in [2.05, 4.69) is 5.32 Å². The number of unbranched alkanes of at least 4 members (excludes halogenated alkanes) is 1. The minimum absolute atomic E-state index is 0.0954. The topological polar surface area (TPSA) is 66.5 Å². The minimum Gasteiger partial charge on any atom is -0.325 e. The first-order valence-electron chi connectivity index (χ1n) is 8.11. The first-order valence-corrected chi connectivity index (χ1v) is 10.5. The van der Waals surface area contributed by atoms with Crippen LogP contribution in [0, 0.1) is 0 Å². The van der Waals surface area contributed by atoms with Gasteiger partial charge in [0.15, 0.2) is 0 Å². The summed E-state index contributed by atoms with van der Waals surface area (Å²) >= 11 is 11.9. The Balaban J connectivity index is 1.73. The summed E-state index contributed by atoms with van der Waals surface area (Å²) in [4.78, 5) is 11.9. The monoisotopic (exact) mass is 392 g/mol.